The molecule has 0 aromatic heterocycles. The third-order valence-corrected chi connectivity index (χ3v) is 2.81. The lowest BCUT2D eigenvalue weighted by atomic mass is 10.1. The molecule has 3 heteroatoms. The number of nitrogens with zero attached hydrogens (tertiary/aromatic N) is 1. The maximum Gasteiger partial charge on any atom is 0.414 e. The molecule has 0 N–H and O–H groups in total. The highest BCUT2D eigenvalue weighted by Gasteiger charge is 2.31. The van der Waals surface area contributed by atoms with Crippen LogP contribution in [0.3, 0.4) is 0 Å². The van der Waals surface area contributed by atoms with Crippen LogP contribution < -0.4 is 0 Å². The van der Waals surface area contributed by atoms with Crippen LogP contribution in [0.25, 0.3) is 0 Å². The maximum atomic E-state index is 11.6. The smallest absolute Gasteiger partial charge is 0.414 e. The molecule has 1 fully saturated rings. The van der Waals surface area contributed by atoms with Crippen molar-refractivity contribution in [3.63, 3.8) is 0 Å². The first-order valence-corrected chi connectivity index (χ1v) is 6.06. The van der Waals surface area contributed by atoms with Crippen molar-refractivity contribution in [2.75, 3.05) is 6.61 Å². The average molecular weight is 243 g/mol. The highest BCUT2D eigenvalue weighted by molar-refractivity contribution is 5.71. The minimum atomic E-state index is -0.287. The van der Waals surface area contributed by atoms with Gasteiger partial charge in [0.1, 0.15) is 6.61 Å². The van der Waals surface area contributed by atoms with Crippen molar-refractivity contribution in [3.8, 4) is 0 Å². The van der Waals surface area contributed by atoms with Crippen molar-refractivity contribution in [1.29, 1.82) is 0 Å². The fraction of sp³-hybridized carbons (Fsp3) is 0.333. The van der Waals surface area contributed by atoms with Crippen molar-refractivity contribution in [3.05, 3.63) is 53.4 Å². The third kappa shape index (κ3) is 3.02. The summed E-state index contributed by atoms with van der Waals surface area (Å²) in [5.74, 6) is 0. The van der Waals surface area contributed by atoms with Crippen LogP contribution in [-0.2, 0) is 11.2 Å². The number of hydrogen-bond acceptors (Lipinski definition) is 2. The lowest BCUT2D eigenvalue weighted by molar-refractivity contribution is 0.166. The van der Waals surface area contributed by atoms with E-state index in [1.165, 1.54) is 5.56 Å². The number of cyclic esters (lactones) is 1. The van der Waals surface area contributed by atoms with E-state index in [1.54, 1.807) is 11.1 Å². The summed E-state index contributed by atoms with van der Waals surface area (Å²) in [5.41, 5.74) is 5.29. The normalized spacial score (nSPS) is 18.2. The highest BCUT2D eigenvalue weighted by atomic mass is 16.6. The van der Waals surface area contributed by atoms with Gasteiger partial charge in [0, 0.05) is 0 Å². The Balaban J connectivity index is 2.12. The first-order valence-electron chi connectivity index (χ1n) is 6.06. The van der Waals surface area contributed by atoms with Crippen LogP contribution in [0.1, 0.15) is 19.4 Å². The molecule has 1 amide bonds. The second-order valence-electron chi connectivity index (χ2n) is 4.60. The van der Waals surface area contributed by atoms with E-state index in [4.69, 9.17) is 4.74 Å². The van der Waals surface area contributed by atoms with Crippen LogP contribution in [0.5, 0.6) is 0 Å². The number of ether oxygens (including phenoxy) is 1. The number of benzene rings is 1. The molecule has 1 aromatic carbocycles. The first kappa shape index (κ1) is 12.5. The first-order chi connectivity index (χ1) is 8.66. The molecule has 1 heterocycles. The standard InChI is InChI=1S/C15H17NO2/c1-12(2)8-9-16-14(11-18-15(16)17)10-13-6-4-3-5-7-13/h3-7,9,14H,10-11H2,1-2H3. The van der Waals surface area contributed by atoms with E-state index in [2.05, 4.69) is 17.9 Å². The van der Waals surface area contributed by atoms with Gasteiger partial charge in [-0.05, 0) is 31.4 Å². The van der Waals surface area contributed by atoms with E-state index in [9.17, 15) is 4.79 Å². The van der Waals surface area contributed by atoms with Crippen LogP contribution in [0.2, 0.25) is 0 Å². The van der Waals surface area contributed by atoms with Crippen LogP contribution in [0.15, 0.2) is 47.8 Å². The van der Waals surface area contributed by atoms with Crippen molar-refractivity contribution in [2.45, 2.75) is 26.3 Å². The molecule has 1 aliphatic rings. The lowest BCUT2D eigenvalue weighted by Gasteiger charge is -2.16. The van der Waals surface area contributed by atoms with E-state index < -0.39 is 0 Å². The summed E-state index contributed by atoms with van der Waals surface area (Å²) in [6, 6.07) is 10.2. The van der Waals surface area contributed by atoms with Gasteiger partial charge in [0.15, 0.2) is 0 Å². The van der Waals surface area contributed by atoms with Crippen molar-refractivity contribution in [2.24, 2.45) is 0 Å². The molecule has 1 atom stereocenters. The molecule has 1 unspecified atom stereocenters. The number of rotatable bonds is 3. The summed E-state index contributed by atoms with van der Waals surface area (Å²) in [6.45, 7) is 4.34. The summed E-state index contributed by atoms with van der Waals surface area (Å²) < 4.78 is 5.09. The van der Waals surface area contributed by atoms with Crippen LogP contribution in [-0.4, -0.2) is 23.6 Å². The number of hydrogen-bond donors (Lipinski definition) is 0. The second kappa shape index (κ2) is 5.56. The molecule has 94 valence electrons. The molecule has 3 nitrogen and oxygen atoms in total. The molecule has 0 aliphatic carbocycles. The predicted octanol–water partition coefficient (Wildman–Crippen LogP) is 3.13. The summed E-state index contributed by atoms with van der Waals surface area (Å²) >= 11 is 0. The van der Waals surface area contributed by atoms with E-state index >= 15 is 0 Å². The SMILES string of the molecule is CC(C)=C=CN1C(=O)OCC1Cc1ccccc1. The zero-order valence-corrected chi connectivity index (χ0v) is 10.7. The van der Waals surface area contributed by atoms with Crippen molar-refractivity contribution < 1.29 is 9.53 Å². The van der Waals surface area contributed by atoms with Gasteiger partial charge in [-0.2, -0.15) is 0 Å². The molecule has 0 bridgehead atoms. The quantitative estimate of drug-likeness (QED) is 0.763. The molecule has 1 aliphatic heterocycles. The van der Waals surface area contributed by atoms with Gasteiger partial charge in [-0.3, -0.25) is 4.90 Å². The topological polar surface area (TPSA) is 29.5 Å². The summed E-state index contributed by atoms with van der Waals surface area (Å²) in [7, 11) is 0. The van der Waals surface area contributed by atoms with Gasteiger partial charge in [0.05, 0.1) is 12.2 Å². The Morgan fingerprint density at radius 2 is 2.17 bits per heavy atom. The Labute approximate surface area is 107 Å². The fourth-order valence-corrected chi connectivity index (χ4v) is 1.87. The Morgan fingerprint density at radius 1 is 1.44 bits per heavy atom. The summed E-state index contributed by atoms with van der Waals surface area (Å²) in [5, 5.41) is 0. The molecular weight excluding hydrogens is 226 g/mol. The lowest BCUT2D eigenvalue weighted by Crippen LogP contribution is -2.30. The molecule has 1 saturated heterocycles. The Morgan fingerprint density at radius 3 is 2.83 bits per heavy atom. The zero-order valence-electron chi connectivity index (χ0n) is 10.7. The van der Waals surface area contributed by atoms with Crippen LogP contribution in [0.4, 0.5) is 4.79 Å². The molecule has 0 radical (unpaired) electrons. The highest BCUT2D eigenvalue weighted by Crippen LogP contribution is 2.17. The van der Waals surface area contributed by atoms with Gasteiger partial charge < -0.3 is 4.74 Å². The number of carbonyl (C=O) groups is 1. The summed E-state index contributed by atoms with van der Waals surface area (Å²) in [4.78, 5) is 13.2. The van der Waals surface area contributed by atoms with E-state index in [-0.39, 0.29) is 12.1 Å². The maximum absolute atomic E-state index is 11.6. The molecule has 18 heavy (non-hydrogen) atoms. The van der Waals surface area contributed by atoms with Gasteiger partial charge in [0.25, 0.3) is 0 Å². The Hall–Kier alpha value is -1.99. The van der Waals surface area contributed by atoms with Crippen LogP contribution in [0, 0.1) is 0 Å². The second-order valence-corrected chi connectivity index (χ2v) is 4.60. The van der Waals surface area contributed by atoms with E-state index in [0.717, 1.165) is 12.0 Å². The minimum absolute atomic E-state index is 0.0618. The monoisotopic (exact) mass is 243 g/mol. The fourth-order valence-electron chi connectivity index (χ4n) is 1.87. The number of carbonyl (C=O) groups excluding carboxylic acids is 1. The zero-order chi connectivity index (χ0) is 13.0. The van der Waals surface area contributed by atoms with Gasteiger partial charge in [-0.15, -0.1) is 5.73 Å². The molecule has 2 rings (SSSR count). The Kier molecular flexibility index (Phi) is 3.85. The summed E-state index contributed by atoms with van der Waals surface area (Å²) in [6.07, 6.45) is 2.20. The van der Waals surface area contributed by atoms with Gasteiger partial charge in [0.2, 0.25) is 0 Å². The van der Waals surface area contributed by atoms with E-state index in [1.807, 2.05) is 32.0 Å². The predicted molar refractivity (Wildman–Crippen MR) is 70.1 cm³/mol. The van der Waals surface area contributed by atoms with Gasteiger partial charge in [-0.1, -0.05) is 30.3 Å². The number of amides is 1. The van der Waals surface area contributed by atoms with Crippen LogP contribution >= 0.6 is 0 Å². The van der Waals surface area contributed by atoms with Gasteiger partial charge >= 0.3 is 6.09 Å². The van der Waals surface area contributed by atoms with Crippen molar-refractivity contribution in [1.82, 2.24) is 4.90 Å². The molecule has 0 spiro atoms. The molecule has 0 saturated carbocycles. The molecule has 1 aromatic rings. The minimum Gasteiger partial charge on any atom is -0.447 e. The van der Waals surface area contributed by atoms with Gasteiger partial charge in [-0.25, -0.2) is 4.79 Å². The van der Waals surface area contributed by atoms with Crippen molar-refractivity contribution >= 4 is 6.09 Å². The Bertz CT molecular complexity index is 482. The number of allylic oxidation sites excluding steroid dienone is 1. The molecular formula is C15H17NO2. The third-order valence-electron chi connectivity index (χ3n) is 2.81. The average Bonchev–Trinajstić information content (AvgIpc) is 2.69. The largest absolute Gasteiger partial charge is 0.447 e. The van der Waals surface area contributed by atoms with E-state index in [0.29, 0.717) is 6.61 Å².